The van der Waals surface area contributed by atoms with E-state index in [1.165, 1.54) is 33.7 Å². The second-order valence-corrected chi connectivity index (χ2v) is 9.93. The van der Waals surface area contributed by atoms with Crippen molar-refractivity contribution >= 4 is 23.6 Å². The molecule has 2 aromatic carbocycles. The van der Waals surface area contributed by atoms with Gasteiger partial charge < -0.3 is 9.64 Å². The number of alkyl halides is 3. The van der Waals surface area contributed by atoms with Crippen LogP contribution in [0.15, 0.2) is 64.4 Å². The number of benzene rings is 2. The molecule has 0 radical (unpaired) electrons. The number of aromatic nitrogens is 1. The number of nitrogens with zero attached hydrogens (tertiary/aromatic N) is 3. The van der Waals surface area contributed by atoms with Gasteiger partial charge in [0.05, 0.1) is 0 Å². The molecule has 3 heterocycles. The fourth-order valence-electron chi connectivity index (χ4n) is 4.74. The molecule has 0 unspecified atom stereocenters. The summed E-state index contributed by atoms with van der Waals surface area (Å²) in [6.45, 7) is 1.24. The molecule has 0 spiro atoms. The van der Waals surface area contributed by atoms with Gasteiger partial charge in [-0.2, -0.15) is 13.2 Å². The monoisotopic (exact) mass is 547 g/mol. The Hall–Kier alpha value is -3.80. The summed E-state index contributed by atoms with van der Waals surface area (Å²) in [5.41, 5.74) is 0.0601. The van der Waals surface area contributed by atoms with Crippen molar-refractivity contribution in [2.45, 2.75) is 42.8 Å². The summed E-state index contributed by atoms with van der Waals surface area (Å²) in [4.78, 5) is 39.3. The maximum atomic E-state index is 15.5. The van der Waals surface area contributed by atoms with Gasteiger partial charge >= 0.3 is 12.1 Å². The average Bonchev–Trinajstić information content (AvgIpc) is 3.03. The van der Waals surface area contributed by atoms with Crippen molar-refractivity contribution in [1.29, 1.82) is 0 Å². The van der Waals surface area contributed by atoms with Crippen LogP contribution in [0.1, 0.15) is 47.1 Å². The quantitative estimate of drug-likeness (QED) is 0.353. The Labute approximate surface area is 218 Å². The van der Waals surface area contributed by atoms with Gasteiger partial charge in [-0.25, -0.2) is 4.39 Å². The molecule has 198 valence electrons. The molecule has 38 heavy (non-hydrogen) atoms. The highest BCUT2D eigenvalue weighted by Crippen LogP contribution is 2.44. The number of thioether (sulfide) groups is 1. The van der Waals surface area contributed by atoms with E-state index in [0.717, 1.165) is 24.8 Å². The van der Waals surface area contributed by atoms with Crippen LogP contribution in [0.2, 0.25) is 0 Å². The first-order valence-electron chi connectivity index (χ1n) is 11.6. The van der Waals surface area contributed by atoms with Gasteiger partial charge in [-0.3, -0.25) is 24.1 Å². The molecule has 7 nitrogen and oxygen atoms in total. The van der Waals surface area contributed by atoms with Crippen LogP contribution in [0.3, 0.4) is 0 Å². The van der Waals surface area contributed by atoms with E-state index in [-0.39, 0.29) is 5.56 Å². The van der Waals surface area contributed by atoms with Gasteiger partial charge in [0, 0.05) is 35.4 Å². The van der Waals surface area contributed by atoms with E-state index in [0.29, 0.717) is 21.8 Å². The molecule has 2 aliphatic heterocycles. The normalized spacial score (nSPS) is 17.7. The van der Waals surface area contributed by atoms with Crippen LogP contribution >= 0.6 is 11.8 Å². The Kier molecular flexibility index (Phi) is 6.46. The number of halogens is 4. The fourth-order valence-corrected chi connectivity index (χ4v) is 5.82. The van der Waals surface area contributed by atoms with Gasteiger partial charge in [0.25, 0.3) is 5.91 Å². The second kappa shape index (κ2) is 9.50. The van der Waals surface area contributed by atoms with E-state index >= 15 is 4.39 Å². The van der Waals surface area contributed by atoms with Crippen molar-refractivity contribution in [3.8, 4) is 5.75 Å². The van der Waals surface area contributed by atoms with Crippen molar-refractivity contribution < 1.29 is 31.9 Å². The Morgan fingerprint density at radius 2 is 1.84 bits per heavy atom. The number of ether oxygens (including phenoxy) is 1. The zero-order valence-electron chi connectivity index (χ0n) is 20.2. The van der Waals surface area contributed by atoms with E-state index < -0.39 is 59.5 Å². The lowest BCUT2D eigenvalue weighted by molar-refractivity contribution is -0.173. The zero-order chi connectivity index (χ0) is 27.4. The van der Waals surface area contributed by atoms with Gasteiger partial charge in [-0.1, -0.05) is 30.3 Å². The molecule has 1 aromatic heterocycles. The van der Waals surface area contributed by atoms with E-state index in [4.69, 9.17) is 4.74 Å². The van der Waals surface area contributed by atoms with Crippen LogP contribution in [0, 0.1) is 5.82 Å². The minimum atomic E-state index is -4.81. The van der Waals surface area contributed by atoms with Gasteiger partial charge in [0.15, 0.2) is 5.69 Å². The van der Waals surface area contributed by atoms with Crippen molar-refractivity contribution in [3.63, 3.8) is 0 Å². The lowest BCUT2D eigenvalue weighted by Crippen LogP contribution is -2.60. The van der Waals surface area contributed by atoms with Crippen molar-refractivity contribution in [3.05, 3.63) is 93.2 Å². The zero-order valence-corrected chi connectivity index (χ0v) is 21.0. The number of esters is 1. The largest absolute Gasteiger partial charge is 0.420 e. The SMILES string of the molecule is CC(=O)Oc1c2n(ccc1=O)N([C@H]1c3ccccc3SCc3cccc(F)c31)CN([C@H](C)C(F)(F)F)C2=O. The minimum Gasteiger partial charge on any atom is -0.420 e. The Morgan fingerprint density at radius 3 is 2.55 bits per heavy atom. The van der Waals surface area contributed by atoms with E-state index in [1.54, 1.807) is 30.3 Å². The van der Waals surface area contributed by atoms with Crippen molar-refractivity contribution in [1.82, 2.24) is 9.58 Å². The van der Waals surface area contributed by atoms with Crippen LogP contribution in [-0.4, -0.2) is 40.3 Å². The summed E-state index contributed by atoms with van der Waals surface area (Å²) in [5.74, 6) is -2.93. The highest BCUT2D eigenvalue weighted by atomic mass is 32.2. The van der Waals surface area contributed by atoms with Crippen LogP contribution in [0.25, 0.3) is 0 Å². The number of fused-ring (bicyclic) bond motifs is 3. The van der Waals surface area contributed by atoms with E-state index in [1.807, 2.05) is 6.07 Å². The first-order chi connectivity index (χ1) is 18.0. The number of pyridine rings is 1. The molecule has 2 atom stereocenters. The molecule has 0 fully saturated rings. The van der Waals surface area contributed by atoms with Gasteiger partial charge in [0.1, 0.15) is 24.6 Å². The van der Waals surface area contributed by atoms with Crippen molar-refractivity contribution in [2.75, 3.05) is 11.7 Å². The molecule has 1 amide bonds. The van der Waals surface area contributed by atoms with E-state index in [9.17, 15) is 27.6 Å². The molecule has 0 saturated heterocycles. The molecular weight excluding hydrogens is 526 g/mol. The van der Waals surface area contributed by atoms with Crippen molar-refractivity contribution in [2.24, 2.45) is 0 Å². The lowest BCUT2D eigenvalue weighted by atomic mass is 9.93. The Bertz CT molecular complexity index is 1510. The molecule has 5 rings (SSSR count). The number of hydrogen-bond acceptors (Lipinski definition) is 6. The second-order valence-electron chi connectivity index (χ2n) is 8.91. The summed E-state index contributed by atoms with van der Waals surface area (Å²) in [6, 6.07) is 9.49. The van der Waals surface area contributed by atoms with Crippen LogP contribution in [0.5, 0.6) is 5.75 Å². The smallest absolute Gasteiger partial charge is 0.408 e. The summed E-state index contributed by atoms with van der Waals surface area (Å²) >= 11 is 1.45. The molecule has 0 saturated carbocycles. The first kappa shape index (κ1) is 25.8. The van der Waals surface area contributed by atoms with Gasteiger partial charge in [-0.15, -0.1) is 11.8 Å². The lowest BCUT2D eigenvalue weighted by Gasteiger charge is -2.46. The Balaban J connectivity index is 1.82. The Morgan fingerprint density at radius 1 is 1.11 bits per heavy atom. The highest BCUT2D eigenvalue weighted by Gasteiger charge is 2.48. The third-order valence-corrected chi connectivity index (χ3v) is 7.71. The van der Waals surface area contributed by atoms with Crippen LogP contribution in [-0.2, 0) is 10.5 Å². The predicted octanol–water partition coefficient (Wildman–Crippen LogP) is 4.61. The third kappa shape index (κ3) is 4.32. The van der Waals surface area contributed by atoms with Gasteiger partial charge in [-0.05, 0) is 30.2 Å². The number of carbonyl (C=O) groups is 2. The molecule has 3 aromatic rings. The van der Waals surface area contributed by atoms with E-state index in [2.05, 4.69) is 0 Å². The van der Waals surface area contributed by atoms with Gasteiger partial charge in [0.2, 0.25) is 11.2 Å². The highest BCUT2D eigenvalue weighted by molar-refractivity contribution is 7.98. The summed E-state index contributed by atoms with van der Waals surface area (Å²) in [6.07, 6.45) is -3.58. The maximum Gasteiger partial charge on any atom is 0.408 e. The number of rotatable bonds is 3. The molecule has 0 bridgehead atoms. The summed E-state index contributed by atoms with van der Waals surface area (Å²) in [5, 5.41) is 1.39. The average molecular weight is 548 g/mol. The molecule has 2 aliphatic rings. The topological polar surface area (TPSA) is 71.8 Å². The first-order valence-corrected chi connectivity index (χ1v) is 12.5. The number of amides is 1. The standard InChI is InChI=1S/C26H21F4N3O4S/c1-14(26(28,29)30)31-13-33(32-11-10-19(35)24(37-15(2)34)23(32)25(31)36)22-17-7-3-4-9-20(17)38-12-16-6-5-8-18(27)21(16)22/h3-11,14,22H,12-13H2,1-2H3/t14-,22+/m1/s1. The fraction of sp³-hybridized carbons (Fsp3) is 0.269. The molecular formula is C26H21F4N3O4S. The predicted molar refractivity (Wildman–Crippen MR) is 131 cm³/mol. The summed E-state index contributed by atoms with van der Waals surface area (Å²) in [7, 11) is 0. The maximum absolute atomic E-state index is 15.5. The van der Waals surface area contributed by atoms with Crippen LogP contribution in [0.4, 0.5) is 17.6 Å². The number of carbonyl (C=O) groups excluding carboxylic acids is 2. The summed E-state index contributed by atoms with van der Waals surface area (Å²) < 4.78 is 63.5. The molecule has 0 aliphatic carbocycles. The third-order valence-electron chi connectivity index (χ3n) is 6.57. The minimum absolute atomic E-state index is 0.234. The molecule has 12 heteroatoms. The number of hydrogen-bond donors (Lipinski definition) is 0. The molecule has 0 N–H and O–H groups in total. The van der Waals surface area contributed by atoms with Crippen LogP contribution < -0.4 is 15.2 Å².